The molecule has 6 rings (SSSR count). The Hall–Kier alpha value is -5.08. The Balaban J connectivity index is 1.53. The van der Waals surface area contributed by atoms with Gasteiger partial charge in [-0.15, -0.1) is 0 Å². The van der Waals surface area contributed by atoms with Gasteiger partial charge in [0.05, 0.1) is 20.5 Å². The van der Waals surface area contributed by atoms with Crippen LogP contribution in [0.15, 0.2) is 90.0 Å². The second-order valence-corrected chi connectivity index (χ2v) is 12.1. The number of anilines is 1. The second-order valence-electron chi connectivity index (χ2n) is 12.1. The Labute approximate surface area is 282 Å². The third kappa shape index (κ3) is 6.06. The number of ketones is 1. The van der Waals surface area contributed by atoms with Gasteiger partial charge in [0, 0.05) is 13.0 Å². The number of nitrogens with one attached hydrogen (secondary N) is 1. The summed E-state index contributed by atoms with van der Waals surface area (Å²) < 4.78 is 31.9. The van der Waals surface area contributed by atoms with Crippen molar-refractivity contribution in [1.82, 2.24) is 19.5 Å². The molecule has 0 spiro atoms. The van der Waals surface area contributed by atoms with Crippen molar-refractivity contribution in [2.75, 3.05) is 27.1 Å². The molecule has 13 nitrogen and oxygen atoms in total. The average Bonchev–Trinajstić information content (AvgIpc) is 3.69. The molecule has 3 heterocycles. The van der Waals surface area contributed by atoms with E-state index in [1.165, 1.54) is 18.0 Å². The van der Waals surface area contributed by atoms with Crippen LogP contribution in [0.25, 0.3) is 11.2 Å². The maximum Gasteiger partial charge on any atom is 0.280 e. The lowest BCUT2D eigenvalue weighted by atomic mass is 9.79. The quantitative estimate of drug-likeness (QED) is 0.166. The Morgan fingerprint density at radius 1 is 0.939 bits per heavy atom. The molecule has 1 fully saturated rings. The topological polar surface area (TPSA) is 173 Å². The largest absolute Gasteiger partial charge is 0.497 e. The number of aromatic amines is 1. The number of aliphatic hydroxyl groups is 1. The summed E-state index contributed by atoms with van der Waals surface area (Å²) in [4.78, 5) is 37.8. The van der Waals surface area contributed by atoms with Crippen LogP contribution >= 0.6 is 0 Å². The van der Waals surface area contributed by atoms with E-state index < -0.39 is 47.7 Å². The molecule has 49 heavy (non-hydrogen) atoms. The molecule has 0 radical (unpaired) electrons. The number of aliphatic hydroxyl groups excluding tert-OH is 1. The molecule has 0 amide bonds. The van der Waals surface area contributed by atoms with Gasteiger partial charge in [0.2, 0.25) is 5.95 Å². The third-order valence-corrected chi connectivity index (χ3v) is 8.87. The van der Waals surface area contributed by atoms with Crippen molar-refractivity contribution in [3.63, 3.8) is 0 Å². The number of nitrogens with two attached hydrogens (primary N) is 1. The van der Waals surface area contributed by atoms with Gasteiger partial charge in [-0.2, -0.15) is 4.98 Å². The molecular weight excluding hydrogens is 630 g/mol. The third-order valence-electron chi connectivity index (χ3n) is 8.87. The summed E-state index contributed by atoms with van der Waals surface area (Å²) in [7, 11) is 4.59. The summed E-state index contributed by atoms with van der Waals surface area (Å²) in [6.45, 7) is 3.53. The number of methoxy groups -OCH3 is 3. The van der Waals surface area contributed by atoms with Crippen molar-refractivity contribution < 1.29 is 33.6 Å². The summed E-state index contributed by atoms with van der Waals surface area (Å²) in [5, 5.41) is 11.9. The summed E-state index contributed by atoms with van der Waals surface area (Å²) in [5.41, 5.74) is 6.18. The highest BCUT2D eigenvalue weighted by Crippen LogP contribution is 2.45. The minimum absolute atomic E-state index is 0.0266. The number of ether oxygens (including phenoxy) is 5. The van der Waals surface area contributed by atoms with Gasteiger partial charge in [-0.05, 0) is 41.0 Å². The zero-order chi connectivity index (χ0) is 34.9. The Bertz CT molecular complexity index is 1910. The van der Waals surface area contributed by atoms with Crippen LogP contribution in [-0.4, -0.2) is 76.2 Å². The zero-order valence-electron chi connectivity index (χ0n) is 27.8. The van der Waals surface area contributed by atoms with Gasteiger partial charge in [0.1, 0.15) is 41.5 Å². The van der Waals surface area contributed by atoms with Gasteiger partial charge >= 0.3 is 0 Å². The second kappa shape index (κ2) is 13.8. The normalized spacial score (nSPS) is 20.1. The number of nitrogens with zero attached hydrogens (tertiary/aromatic N) is 3. The minimum atomic E-state index is -1.40. The average molecular weight is 670 g/mol. The van der Waals surface area contributed by atoms with Crippen LogP contribution in [0.5, 0.6) is 11.5 Å². The van der Waals surface area contributed by atoms with Crippen LogP contribution in [0.1, 0.15) is 36.8 Å². The molecular formula is C36H39N5O8. The molecule has 4 N–H and O–H groups in total. The van der Waals surface area contributed by atoms with Crippen molar-refractivity contribution in [2.45, 2.75) is 50.1 Å². The molecule has 3 aromatic carbocycles. The molecule has 0 bridgehead atoms. The molecule has 1 saturated heterocycles. The highest BCUT2D eigenvalue weighted by molar-refractivity contribution is 5.86. The van der Waals surface area contributed by atoms with E-state index in [0.717, 1.165) is 5.56 Å². The zero-order valence-corrected chi connectivity index (χ0v) is 27.8. The Morgan fingerprint density at radius 2 is 1.51 bits per heavy atom. The van der Waals surface area contributed by atoms with Crippen LogP contribution in [0.4, 0.5) is 5.95 Å². The van der Waals surface area contributed by atoms with Crippen molar-refractivity contribution in [1.29, 1.82) is 0 Å². The number of H-pyrrole nitrogens is 1. The highest BCUT2D eigenvalue weighted by Gasteiger charge is 2.54. The van der Waals surface area contributed by atoms with Gasteiger partial charge < -0.3 is 34.5 Å². The van der Waals surface area contributed by atoms with Crippen LogP contribution in [-0.2, 0) is 24.6 Å². The maximum atomic E-state index is 14.3. The molecule has 13 heteroatoms. The van der Waals surface area contributed by atoms with Crippen LogP contribution in [0.3, 0.4) is 0 Å². The number of benzene rings is 3. The SMILES string of the molecule is COc1ccc(C(OC(C(=O)C(C)C)[C@H]2O[C@@H](n3cnc4c(=O)[nH]c(N)nc43)[C@H](OC)[C@@H]2O)(c2ccccc2)c2ccc(OC)cc2)cc1. The Kier molecular flexibility index (Phi) is 9.52. The summed E-state index contributed by atoms with van der Waals surface area (Å²) in [6, 6.07) is 24.3. The number of imidazole rings is 1. The van der Waals surface area contributed by atoms with Crippen LogP contribution < -0.4 is 20.8 Å². The lowest BCUT2D eigenvalue weighted by molar-refractivity contribution is -0.168. The van der Waals surface area contributed by atoms with E-state index in [9.17, 15) is 14.7 Å². The molecule has 1 aliphatic rings. The number of hydrogen-bond acceptors (Lipinski definition) is 11. The van der Waals surface area contributed by atoms with Crippen LogP contribution in [0.2, 0.25) is 0 Å². The summed E-state index contributed by atoms with van der Waals surface area (Å²) in [5.74, 6) is 0.324. The fourth-order valence-electron chi connectivity index (χ4n) is 6.37. The van der Waals surface area contributed by atoms with Gasteiger partial charge in [0.25, 0.3) is 5.56 Å². The number of fused-ring (bicyclic) bond motifs is 1. The van der Waals surface area contributed by atoms with Gasteiger partial charge in [0.15, 0.2) is 23.2 Å². The molecule has 2 aromatic heterocycles. The monoisotopic (exact) mass is 669 g/mol. The van der Waals surface area contributed by atoms with Crippen molar-refractivity contribution >= 4 is 22.9 Å². The summed E-state index contributed by atoms with van der Waals surface area (Å²) in [6.07, 6.45) is -4.63. The maximum absolute atomic E-state index is 14.3. The van der Waals surface area contributed by atoms with E-state index in [1.807, 2.05) is 78.9 Å². The van der Waals surface area contributed by atoms with Crippen LogP contribution in [0, 0.1) is 5.92 Å². The molecule has 0 aliphatic carbocycles. The van der Waals surface area contributed by atoms with Crippen molar-refractivity contribution in [3.05, 3.63) is 112 Å². The molecule has 5 atom stereocenters. The fourth-order valence-corrected chi connectivity index (χ4v) is 6.37. The number of aromatic nitrogens is 4. The summed E-state index contributed by atoms with van der Waals surface area (Å²) >= 11 is 0. The van der Waals surface area contributed by atoms with E-state index in [-0.39, 0.29) is 22.9 Å². The first-order chi connectivity index (χ1) is 23.6. The molecule has 1 unspecified atom stereocenters. The minimum Gasteiger partial charge on any atom is -0.497 e. The first kappa shape index (κ1) is 33.8. The predicted molar refractivity (Wildman–Crippen MR) is 180 cm³/mol. The number of carbonyl (C=O) groups is 1. The fraction of sp³-hybridized carbons (Fsp3) is 0.333. The standard InChI is InChI=1S/C36H39N5O8/c1-20(2)27(42)30(29-28(43)31(47-5)34(48-29)41-19-38-26-32(41)39-35(37)40-33(26)44)49-36(21-9-7-6-8-10-21,22-11-15-24(45-3)16-12-22)23-13-17-25(46-4)18-14-23/h6-20,28-31,34,43H,1-5H3,(H3,37,39,40,44)/t28-,29+,30?,31-,34-/m1/s1. The van der Waals surface area contributed by atoms with Crippen molar-refractivity contribution in [3.8, 4) is 11.5 Å². The van der Waals surface area contributed by atoms with E-state index in [0.29, 0.717) is 22.6 Å². The predicted octanol–water partition coefficient (Wildman–Crippen LogP) is 3.59. The first-order valence-corrected chi connectivity index (χ1v) is 15.8. The number of hydrogen-bond donors (Lipinski definition) is 3. The Morgan fingerprint density at radius 3 is 2.04 bits per heavy atom. The molecule has 256 valence electrons. The van der Waals surface area contributed by atoms with Gasteiger partial charge in [-0.1, -0.05) is 68.4 Å². The number of Topliss-reactive ketones (excluding diaryl/α,β-unsaturated/α-hetero) is 1. The van der Waals surface area contributed by atoms with E-state index in [2.05, 4.69) is 15.0 Å². The smallest absolute Gasteiger partial charge is 0.280 e. The molecule has 0 saturated carbocycles. The first-order valence-electron chi connectivity index (χ1n) is 15.8. The lowest BCUT2D eigenvalue weighted by Crippen LogP contribution is -2.50. The van der Waals surface area contributed by atoms with Crippen molar-refractivity contribution in [2.24, 2.45) is 5.92 Å². The number of rotatable bonds is 12. The molecule has 5 aromatic rings. The lowest BCUT2D eigenvalue weighted by Gasteiger charge is -2.40. The number of carbonyl (C=O) groups excluding carboxylic acids is 1. The van der Waals surface area contributed by atoms with E-state index >= 15 is 0 Å². The van der Waals surface area contributed by atoms with Gasteiger partial charge in [-0.25, -0.2) is 4.98 Å². The number of nitrogen functional groups attached to an aromatic ring is 1. The van der Waals surface area contributed by atoms with Gasteiger partial charge in [-0.3, -0.25) is 19.1 Å². The highest BCUT2D eigenvalue weighted by atomic mass is 16.6. The van der Waals surface area contributed by atoms with E-state index in [4.69, 9.17) is 29.4 Å². The van der Waals surface area contributed by atoms with E-state index in [1.54, 1.807) is 28.1 Å². The molecule has 1 aliphatic heterocycles.